The van der Waals surface area contributed by atoms with E-state index in [1.165, 1.54) is 0 Å². The van der Waals surface area contributed by atoms with E-state index in [0.717, 1.165) is 33.6 Å². The van der Waals surface area contributed by atoms with Crippen molar-refractivity contribution in [2.75, 3.05) is 14.2 Å². The normalized spacial score (nSPS) is 12.2. The average molecular weight is 286 g/mol. The molecule has 0 bridgehead atoms. The van der Waals surface area contributed by atoms with Crippen LogP contribution in [0.1, 0.15) is 33.9 Å². The molecule has 0 aromatic heterocycles. The van der Waals surface area contributed by atoms with E-state index in [9.17, 15) is 5.11 Å². The molecule has 0 heterocycles. The monoisotopic (exact) mass is 286 g/mol. The Morgan fingerprint density at radius 3 is 2.38 bits per heavy atom. The van der Waals surface area contributed by atoms with Crippen LogP contribution in [0.5, 0.6) is 5.75 Å². The molecule has 0 saturated heterocycles. The maximum absolute atomic E-state index is 10.8. The second-order valence-electron chi connectivity index (χ2n) is 5.21. The molecule has 0 aliphatic rings. The summed E-state index contributed by atoms with van der Waals surface area (Å²) in [6, 6.07) is 11.8. The molecule has 21 heavy (non-hydrogen) atoms. The largest absolute Gasteiger partial charge is 0.496 e. The van der Waals surface area contributed by atoms with Crippen molar-refractivity contribution in [1.82, 2.24) is 0 Å². The molecular formula is C18H22O3. The molecule has 0 fully saturated rings. The summed E-state index contributed by atoms with van der Waals surface area (Å²) in [6.07, 6.45) is -0.666. The number of aliphatic hydroxyl groups excluding tert-OH is 1. The number of benzene rings is 2. The topological polar surface area (TPSA) is 38.7 Å². The first-order chi connectivity index (χ1) is 10.1. The number of hydrogen-bond donors (Lipinski definition) is 1. The zero-order valence-electron chi connectivity index (χ0n) is 13.0. The minimum absolute atomic E-state index is 0.488. The standard InChI is InChI=1S/C18H22O3/c1-12-10-17(21-4)13(2)9-16(12)18(19)15-8-6-5-7-14(15)11-20-3/h5-10,18-19H,11H2,1-4H3. The Bertz CT molecular complexity index is 620. The van der Waals surface area contributed by atoms with E-state index in [1.54, 1.807) is 14.2 Å². The molecule has 2 aromatic carbocycles. The summed E-state index contributed by atoms with van der Waals surface area (Å²) < 4.78 is 10.5. The maximum atomic E-state index is 10.8. The lowest BCUT2D eigenvalue weighted by molar-refractivity contribution is 0.176. The van der Waals surface area contributed by atoms with Crippen molar-refractivity contribution in [3.05, 3.63) is 64.2 Å². The highest BCUT2D eigenvalue weighted by molar-refractivity contribution is 5.46. The Labute approximate surface area is 126 Å². The van der Waals surface area contributed by atoms with E-state index in [4.69, 9.17) is 9.47 Å². The maximum Gasteiger partial charge on any atom is 0.122 e. The van der Waals surface area contributed by atoms with Crippen LogP contribution in [-0.2, 0) is 11.3 Å². The number of methoxy groups -OCH3 is 2. The van der Waals surface area contributed by atoms with Crippen LogP contribution < -0.4 is 4.74 Å². The molecule has 112 valence electrons. The van der Waals surface area contributed by atoms with Gasteiger partial charge in [-0.2, -0.15) is 0 Å². The van der Waals surface area contributed by atoms with Crippen molar-refractivity contribution in [2.24, 2.45) is 0 Å². The smallest absolute Gasteiger partial charge is 0.122 e. The lowest BCUT2D eigenvalue weighted by atomic mass is 9.93. The fraction of sp³-hybridized carbons (Fsp3) is 0.333. The minimum atomic E-state index is -0.666. The highest BCUT2D eigenvalue weighted by atomic mass is 16.5. The van der Waals surface area contributed by atoms with Crippen LogP contribution in [0, 0.1) is 13.8 Å². The van der Waals surface area contributed by atoms with Gasteiger partial charge in [0.1, 0.15) is 11.9 Å². The molecule has 3 heteroatoms. The zero-order chi connectivity index (χ0) is 15.4. The molecule has 0 radical (unpaired) electrons. The van der Waals surface area contributed by atoms with E-state index in [-0.39, 0.29) is 0 Å². The fourth-order valence-corrected chi connectivity index (χ4v) is 2.58. The van der Waals surface area contributed by atoms with E-state index in [2.05, 4.69) is 0 Å². The predicted molar refractivity (Wildman–Crippen MR) is 83.7 cm³/mol. The number of hydrogen-bond acceptors (Lipinski definition) is 3. The van der Waals surface area contributed by atoms with Crippen LogP contribution >= 0.6 is 0 Å². The van der Waals surface area contributed by atoms with Gasteiger partial charge in [-0.1, -0.05) is 24.3 Å². The first-order valence-electron chi connectivity index (χ1n) is 6.98. The summed E-state index contributed by atoms with van der Waals surface area (Å²) in [5.74, 6) is 0.841. The first kappa shape index (κ1) is 15.5. The van der Waals surface area contributed by atoms with Crippen molar-refractivity contribution in [3.63, 3.8) is 0 Å². The number of rotatable bonds is 5. The molecule has 1 unspecified atom stereocenters. The molecule has 1 N–H and O–H groups in total. The average Bonchev–Trinajstić information content (AvgIpc) is 2.49. The summed E-state index contributed by atoms with van der Waals surface area (Å²) in [5.41, 5.74) is 4.81. The summed E-state index contributed by atoms with van der Waals surface area (Å²) in [4.78, 5) is 0. The van der Waals surface area contributed by atoms with Gasteiger partial charge in [-0.25, -0.2) is 0 Å². The molecule has 1 atom stereocenters. The van der Waals surface area contributed by atoms with Crippen molar-refractivity contribution < 1.29 is 14.6 Å². The van der Waals surface area contributed by atoms with Gasteiger partial charge in [-0.3, -0.25) is 0 Å². The summed E-state index contributed by atoms with van der Waals surface area (Å²) in [7, 11) is 3.32. The Hall–Kier alpha value is -1.84. The van der Waals surface area contributed by atoms with Crippen molar-refractivity contribution >= 4 is 0 Å². The number of aliphatic hydroxyl groups is 1. The molecule has 3 nitrogen and oxygen atoms in total. The molecule has 0 aliphatic heterocycles. The molecule has 0 saturated carbocycles. The fourth-order valence-electron chi connectivity index (χ4n) is 2.58. The quantitative estimate of drug-likeness (QED) is 0.913. The van der Waals surface area contributed by atoms with Crippen LogP contribution in [0.2, 0.25) is 0 Å². The molecule has 2 rings (SSSR count). The highest BCUT2D eigenvalue weighted by Gasteiger charge is 2.17. The summed E-state index contributed by atoms with van der Waals surface area (Å²) in [5, 5.41) is 10.8. The van der Waals surface area contributed by atoms with Crippen LogP contribution in [0.4, 0.5) is 0 Å². The number of ether oxygens (including phenoxy) is 2. The van der Waals surface area contributed by atoms with Gasteiger partial charge in [-0.15, -0.1) is 0 Å². The summed E-state index contributed by atoms with van der Waals surface area (Å²) in [6.45, 7) is 4.45. The SMILES string of the molecule is COCc1ccccc1C(O)c1cc(C)c(OC)cc1C. The molecule has 0 amide bonds. The Balaban J connectivity index is 2.45. The van der Waals surface area contributed by atoms with Gasteiger partial charge in [-0.05, 0) is 53.8 Å². The first-order valence-corrected chi connectivity index (χ1v) is 6.98. The van der Waals surface area contributed by atoms with Crippen LogP contribution in [0.25, 0.3) is 0 Å². The molecule has 2 aromatic rings. The Morgan fingerprint density at radius 1 is 1.00 bits per heavy atom. The van der Waals surface area contributed by atoms with E-state index >= 15 is 0 Å². The molecule has 0 spiro atoms. The third kappa shape index (κ3) is 3.26. The van der Waals surface area contributed by atoms with Gasteiger partial charge in [0.05, 0.1) is 13.7 Å². The van der Waals surface area contributed by atoms with Gasteiger partial charge < -0.3 is 14.6 Å². The molecular weight excluding hydrogens is 264 g/mol. The van der Waals surface area contributed by atoms with Gasteiger partial charge in [0.15, 0.2) is 0 Å². The number of aryl methyl sites for hydroxylation is 2. The van der Waals surface area contributed by atoms with Crippen molar-refractivity contribution in [2.45, 2.75) is 26.6 Å². The van der Waals surface area contributed by atoms with Crippen LogP contribution in [-0.4, -0.2) is 19.3 Å². The van der Waals surface area contributed by atoms with Crippen molar-refractivity contribution in [3.8, 4) is 5.75 Å². The third-order valence-corrected chi connectivity index (χ3v) is 3.73. The Morgan fingerprint density at radius 2 is 1.71 bits per heavy atom. The lowest BCUT2D eigenvalue weighted by Crippen LogP contribution is -2.07. The Kier molecular flexibility index (Phi) is 4.99. The van der Waals surface area contributed by atoms with E-state index < -0.39 is 6.10 Å². The lowest BCUT2D eigenvalue weighted by Gasteiger charge is -2.19. The predicted octanol–water partition coefficient (Wildman–Crippen LogP) is 3.54. The van der Waals surface area contributed by atoms with E-state index in [0.29, 0.717) is 6.61 Å². The second-order valence-corrected chi connectivity index (χ2v) is 5.21. The highest BCUT2D eigenvalue weighted by Crippen LogP contribution is 2.31. The summed E-state index contributed by atoms with van der Waals surface area (Å²) >= 11 is 0. The van der Waals surface area contributed by atoms with Gasteiger partial charge >= 0.3 is 0 Å². The molecule has 0 aliphatic carbocycles. The minimum Gasteiger partial charge on any atom is -0.496 e. The van der Waals surface area contributed by atoms with Crippen LogP contribution in [0.15, 0.2) is 36.4 Å². The second kappa shape index (κ2) is 6.74. The van der Waals surface area contributed by atoms with Gasteiger partial charge in [0.2, 0.25) is 0 Å². The zero-order valence-corrected chi connectivity index (χ0v) is 13.0. The van der Waals surface area contributed by atoms with E-state index in [1.807, 2.05) is 50.2 Å². The third-order valence-electron chi connectivity index (χ3n) is 3.73. The van der Waals surface area contributed by atoms with Gasteiger partial charge in [0.25, 0.3) is 0 Å². The van der Waals surface area contributed by atoms with Crippen molar-refractivity contribution in [1.29, 1.82) is 0 Å². The van der Waals surface area contributed by atoms with Gasteiger partial charge in [0, 0.05) is 7.11 Å². The van der Waals surface area contributed by atoms with Crippen LogP contribution in [0.3, 0.4) is 0 Å².